The minimum absolute atomic E-state index is 0.276. The molecule has 0 radical (unpaired) electrons. The molecular weight excluding hydrogens is 274 g/mol. The molecule has 0 aromatic heterocycles. The van der Waals surface area contributed by atoms with E-state index in [-0.39, 0.29) is 5.97 Å². The third-order valence-corrected chi connectivity index (χ3v) is 3.34. The van der Waals surface area contributed by atoms with Gasteiger partial charge >= 0.3 is 5.97 Å². The van der Waals surface area contributed by atoms with Gasteiger partial charge in [0.2, 0.25) is 0 Å². The first-order chi connectivity index (χ1) is 10.8. The number of hydrogen-bond donors (Lipinski definition) is 1. The van der Waals surface area contributed by atoms with E-state index in [1.165, 1.54) is 0 Å². The Morgan fingerprint density at radius 3 is 2.55 bits per heavy atom. The van der Waals surface area contributed by atoms with Gasteiger partial charge in [-0.3, -0.25) is 0 Å². The Hall–Kier alpha value is -2.55. The van der Waals surface area contributed by atoms with E-state index in [9.17, 15) is 4.79 Å². The van der Waals surface area contributed by atoms with Gasteiger partial charge in [0.15, 0.2) is 6.04 Å². The van der Waals surface area contributed by atoms with Crippen molar-refractivity contribution in [1.29, 1.82) is 0 Å². The Balaban J connectivity index is 2.31. The minimum atomic E-state index is -0.521. The normalized spacial score (nSPS) is 11.5. The summed E-state index contributed by atoms with van der Waals surface area (Å²) in [6.07, 6.45) is 2.59. The summed E-state index contributed by atoms with van der Waals surface area (Å²) in [6.45, 7) is 5.95. The third kappa shape index (κ3) is 3.98. The molecule has 0 saturated carbocycles. The van der Waals surface area contributed by atoms with E-state index in [1.807, 2.05) is 67.6 Å². The van der Waals surface area contributed by atoms with Crippen LogP contribution in [0.4, 0.5) is 5.69 Å². The number of nitrogens with one attached hydrogen (secondary N) is 1. The van der Waals surface area contributed by atoms with Crippen LogP contribution in [0.25, 0.3) is 0 Å². The molecule has 1 atom stereocenters. The molecule has 1 N–H and O–H groups in total. The summed E-state index contributed by atoms with van der Waals surface area (Å²) in [7, 11) is 0. The van der Waals surface area contributed by atoms with Crippen LogP contribution in [0, 0.1) is 0 Å². The van der Waals surface area contributed by atoms with Crippen LogP contribution in [0.15, 0.2) is 67.3 Å². The zero-order valence-corrected chi connectivity index (χ0v) is 12.8. The molecule has 0 aliphatic heterocycles. The van der Waals surface area contributed by atoms with Crippen molar-refractivity contribution < 1.29 is 9.53 Å². The number of ether oxygens (including phenoxy) is 1. The van der Waals surface area contributed by atoms with E-state index in [4.69, 9.17) is 4.74 Å². The molecule has 3 nitrogen and oxygen atoms in total. The van der Waals surface area contributed by atoms with E-state index in [0.29, 0.717) is 6.61 Å². The maximum atomic E-state index is 12.3. The molecular formula is C19H21NO2. The smallest absolute Gasteiger partial charge is 0.333 e. The molecule has 0 heterocycles. The van der Waals surface area contributed by atoms with Crippen LogP contribution in [0.3, 0.4) is 0 Å². The van der Waals surface area contributed by atoms with E-state index in [2.05, 4.69) is 11.9 Å². The fourth-order valence-corrected chi connectivity index (χ4v) is 2.30. The summed E-state index contributed by atoms with van der Waals surface area (Å²) < 4.78 is 5.21. The average Bonchev–Trinajstić information content (AvgIpc) is 2.55. The second kappa shape index (κ2) is 8.03. The summed E-state index contributed by atoms with van der Waals surface area (Å²) in [5.41, 5.74) is 2.90. The van der Waals surface area contributed by atoms with Crippen molar-refractivity contribution in [2.75, 3.05) is 11.9 Å². The lowest BCUT2D eigenvalue weighted by Gasteiger charge is -2.20. The van der Waals surface area contributed by atoms with E-state index in [1.54, 1.807) is 0 Å². The highest BCUT2D eigenvalue weighted by atomic mass is 16.5. The number of benzene rings is 2. The Morgan fingerprint density at radius 1 is 1.18 bits per heavy atom. The second-order valence-corrected chi connectivity index (χ2v) is 4.89. The SMILES string of the molecule is C=CCc1ccccc1NC(C(=O)OCC)c1ccccc1. The van der Waals surface area contributed by atoms with Gasteiger partial charge in [0.05, 0.1) is 6.61 Å². The molecule has 0 fully saturated rings. The molecule has 22 heavy (non-hydrogen) atoms. The van der Waals surface area contributed by atoms with E-state index < -0.39 is 6.04 Å². The molecule has 1 unspecified atom stereocenters. The Labute approximate surface area is 131 Å². The number of carbonyl (C=O) groups is 1. The zero-order chi connectivity index (χ0) is 15.8. The number of rotatable bonds is 7. The van der Waals surface area contributed by atoms with Gasteiger partial charge in [-0.1, -0.05) is 54.6 Å². The molecule has 2 rings (SSSR count). The maximum absolute atomic E-state index is 12.3. The van der Waals surface area contributed by atoms with Crippen LogP contribution in [0.2, 0.25) is 0 Å². The highest BCUT2D eigenvalue weighted by Gasteiger charge is 2.22. The largest absolute Gasteiger partial charge is 0.464 e. The standard InChI is InChI=1S/C19H21NO2/c1-3-10-15-11-8-9-14-17(15)20-18(19(21)22-4-2)16-12-6-5-7-13-16/h3,5-9,11-14,18,20H,1,4,10H2,2H3. The number of carbonyl (C=O) groups excluding carboxylic acids is 1. The summed E-state index contributed by atoms with van der Waals surface area (Å²) in [4.78, 5) is 12.3. The first-order valence-corrected chi connectivity index (χ1v) is 7.43. The van der Waals surface area contributed by atoms with Gasteiger partial charge in [0.25, 0.3) is 0 Å². The molecule has 2 aromatic carbocycles. The highest BCUT2D eigenvalue weighted by Crippen LogP contribution is 2.24. The highest BCUT2D eigenvalue weighted by molar-refractivity contribution is 5.81. The molecule has 0 bridgehead atoms. The first-order valence-electron chi connectivity index (χ1n) is 7.43. The fraction of sp³-hybridized carbons (Fsp3) is 0.211. The van der Waals surface area contributed by atoms with Crippen LogP contribution in [-0.2, 0) is 16.0 Å². The molecule has 3 heteroatoms. The first kappa shape index (κ1) is 15.8. The molecule has 2 aromatic rings. The van der Waals surface area contributed by atoms with Gasteiger partial charge in [0.1, 0.15) is 0 Å². The Kier molecular flexibility index (Phi) is 5.78. The predicted octanol–water partition coefficient (Wildman–Crippen LogP) is 4.13. The van der Waals surface area contributed by atoms with Gasteiger partial charge in [-0.15, -0.1) is 6.58 Å². The van der Waals surface area contributed by atoms with Crippen molar-refractivity contribution in [2.45, 2.75) is 19.4 Å². The maximum Gasteiger partial charge on any atom is 0.333 e. The van der Waals surface area contributed by atoms with Gasteiger partial charge < -0.3 is 10.1 Å². The van der Waals surface area contributed by atoms with Crippen molar-refractivity contribution >= 4 is 11.7 Å². The minimum Gasteiger partial charge on any atom is -0.464 e. The van der Waals surface area contributed by atoms with Crippen molar-refractivity contribution in [3.63, 3.8) is 0 Å². The van der Waals surface area contributed by atoms with Crippen LogP contribution in [0.5, 0.6) is 0 Å². The van der Waals surface area contributed by atoms with Crippen molar-refractivity contribution in [2.24, 2.45) is 0 Å². The van der Waals surface area contributed by atoms with Crippen molar-refractivity contribution in [3.8, 4) is 0 Å². The van der Waals surface area contributed by atoms with Crippen molar-refractivity contribution in [1.82, 2.24) is 0 Å². The summed E-state index contributed by atoms with van der Waals surface area (Å²) in [6, 6.07) is 17.0. The molecule has 0 saturated heterocycles. The van der Waals surface area contributed by atoms with Crippen molar-refractivity contribution in [3.05, 3.63) is 78.4 Å². The summed E-state index contributed by atoms with van der Waals surface area (Å²) in [5, 5.41) is 3.31. The number of allylic oxidation sites excluding steroid dienone is 1. The lowest BCUT2D eigenvalue weighted by Crippen LogP contribution is -2.23. The summed E-state index contributed by atoms with van der Waals surface area (Å²) >= 11 is 0. The number of para-hydroxylation sites is 1. The van der Waals surface area contributed by atoms with E-state index in [0.717, 1.165) is 23.2 Å². The fourth-order valence-electron chi connectivity index (χ4n) is 2.30. The molecule has 0 amide bonds. The number of anilines is 1. The van der Waals surface area contributed by atoms with Gasteiger partial charge in [0, 0.05) is 5.69 Å². The lowest BCUT2D eigenvalue weighted by molar-refractivity contribution is -0.144. The monoisotopic (exact) mass is 295 g/mol. The Bertz CT molecular complexity index is 622. The van der Waals surface area contributed by atoms with Crippen LogP contribution < -0.4 is 5.32 Å². The number of esters is 1. The van der Waals surface area contributed by atoms with Crippen LogP contribution >= 0.6 is 0 Å². The molecule has 0 spiro atoms. The van der Waals surface area contributed by atoms with Crippen LogP contribution in [-0.4, -0.2) is 12.6 Å². The second-order valence-electron chi connectivity index (χ2n) is 4.89. The topological polar surface area (TPSA) is 38.3 Å². The summed E-state index contributed by atoms with van der Waals surface area (Å²) in [5.74, 6) is -0.276. The third-order valence-electron chi connectivity index (χ3n) is 3.34. The van der Waals surface area contributed by atoms with Gasteiger partial charge in [-0.05, 0) is 30.5 Å². The predicted molar refractivity (Wildman–Crippen MR) is 89.8 cm³/mol. The lowest BCUT2D eigenvalue weighted by atomic mass is 10.0. The molecule has 114 valence electrons. The average molecular weight is 295 g/mol. The quantitative estimate of drug-likeness (QED) is 0.616. The van der Waals surface area contributed by atoms with Gasteiger partial charge in [-0.2, -0.15) is 0 Å². The van der Waals surface area contributed by atoms with E-state index >= 15 is 0 Å². The zero-order valence-electron chi connectivity index (χ0n) is 12.8. The van der Waals surface area contributed by atoms with Crippen LogP contribution in [0.1, 0.15) is 24.1 Å². The molecule has 0 aliphatic carbocycles. The molecule has 0 aliphatic rings. The van der Waals surface area contributed by atoms with Gasteiger partial charge in [-0.25, -0.2) is 4.79 Å². The Morgan fingerprint density at radius 2 is 1.86 bits per heavy atom. The number of hydrogen-bond acceptors (Lipinski definition) is 3.